The Morgan fingerprint density at radius 1 is 1.06 bits per heavy atom. The lowest BCUT2D eigenvalue weighted by Gasteiger charge is -2.09. The van der Waals surface area contributed by atoms with Crippen molar-refractivity contribution in [1.29, 1.82) is 0 Å². The number of benzene rings is 1. The van der Waals surface area contributed by atoms with Crippen LogP contribution in [0.2, 0.25) is 0 Å². The van der Waals surface area contributed by atoms with E-state index in [1.165, 1.54) is 0 Å². The van der Waals surface area contributed by atoms with Crippen LogP contribution >= 0.6 is 0 Å². The van der Waals surface area contributed by atoms with E-state index >= 15 is 0 Å². The molecule has 94 valence electrons. The van der Waals surface area contributed by atoms with Gasteiger partial charge >= 0.3 is 0 Å². The third kappa shape index (κ3) is 1.77. The molecule has 0 spiro atoms. The molecular formula is C12H10F3N3. The summed E-state index contributed by atoms with van der Waals surface area (Å²) in [5.74, 6) is -2.87. The first-order chi connectivity index (χ1) is 8.65. The van der Waals surface area contributed by atoms with Gasteiger partial charge in [0.1, 0.15) is 5.82 Å². The Morgan fingerprint density at radius 2 is 1.78 bits per heavy atom. The number of hydrogen-bond donors (Lipinski definition) is 0. The van der Waals surface area contributed by atoms with Crippen molar-refractivity contribution in [3.05, 3.63) is 35.4 Å². The second kappa shape index (κ2) is 4.12. The van der Waals surface area contributed by atoms with Gasteiger partial charge in [0.15, 0.2) is 23.3 Å². The van der Waals surface area contributed by atoms with Crippen LogP contribution < -0.4 is 0 Å². The van der Waals surface area contributed by atoms with Gasteiger partial charge in [-0.3, -0.25) is 0 Å². The van der Waals surface area contributed by atoms with E-state index in [1.54, 1.807) is 4.68 Å². The van der Waals surface area contributed by atoms with E-state index in [-0.39, 0.29) is 11.4 Å². The summed E-state index contributed by atoms with van der Waals surface area (Å²) >= 11 is 0. The van der Waals surface area contributed by atoms with Crippen LogP contribution in [0.4, 0.5) is 13.2 Å². The lowest BCUT2D eigenvalue weighted by molar-refractivity contribution is 0.447. The highest BCUT2D eigenvalue weighted by atomic mass is 19.2. The highest BCUT2D eigenvalue weighted by molar-refractivity contribution is 5.54. The second-order valence-electron chi connectivity index (χ2n) is 4.29. The zero-order valence-electron chi connectivity index (χ0n) is 9.46. The van der Waals surface area contributed by atoms with Crippen molar-refractivity contribution in [1.82, 2.24) is 14.8 Å². The molecule has 1 aliphatic rings. The van der Waals surface area contributed by atoms with Crippen LogP contribution in [-0.2, 0) is 13.0 Å². The van der Waals surface area contributed by atoms with Crippen LogP contribution in [0, 0.1) is 17.5 Å². The smallest absolute Gasteiger partial charge is 0.194 e. The van der Waals surface area contributed by atoms with Crippen molar-refractivity contribution in [3.8, 4) is 11.4 Å². The maximum Gasteiger partial charge on any atom is 0.194 e. The average molecular weight is 253 g/mol. The zero-order valence-corrected chi connectivity index (χ0v) is 9.46. The number of aromatic nitrogens is 3. The number of hydrogen-bond acceptors (Lipinski definition) is 2. The number of rotatable bonds is 1. The highest BCUT2D eigenvalue weighted by Crippen LogP contribution is 2.23. The Kier molecular flexibility index (Phi) is 2.57. The van der Waals surface area contributed by atoms with E-state index < -0.39 is 17.5 Å². The predicted molar refractivity (Wildman–Crippen MR) is 58.3 cm³/mol. The van der Waals surface area contributed by atoms with Gasteiger partial charge in [-0.25, -0.2) is 22.8 Å². The summed E-state index contributed by atoms with van der Waals surface area (Å²) in [5.41, 5.74) is 0.160. The van der Waals surface area contributed by atoms with Crippen LogP contribution in [0.15, 0.2) is 12.1 Å². The molecule has 0 amide bonds. The van der Waals surface area contributed by atoms with Gasteiger partial charge in [0.05, 0.1) is 0 Å². The molecule has 3 rings (SSSR count). The molecule has 2 heterocycles. The van der Waals surface area contributed by atoms with E-state index in [0.29, 0.717) is 0 Å². The molecule has 0 saturated carbocycles. The van der Waals surface area contributed by atoms with Crippen LogP contribution in [0.5, 0.6) is 0 Å². The molecule has 18 heavy (non-hydrogen) atoms. The third-order valence-electron chi connectivity index (χ3n) is 3.01. The van der Waals surface area contributed by atoms with E-state index in [1.807, 2.05) is 0 Å². The van der Waals surface area contributed by atoms with Crippen LogP contribution in [0.3, 0.4) is 0 Å². The lowest BCUT2D eigenvalue weighted by Crippen LogP contribution is -2.11. The van der Waals surface area contributed by atoms with Crippen LogP contribution in [0.1, 0.15) is 18.7 Å². The average Bonchev–Trinajstić information content (AvgIpc) is 2.79. The van der Waals surface area contributed by atoms with Gasteiger partial charge in [-0.05, 0) is 25.0 Å². The van der Waals surface area contributed by atoms with E-state index in [9.17, 15) is 13.2 Å². The van der Waals surface area contributed by atoms with Crippen molar-refractivity contribution in [2.45, 2.75) is 25.8 Å². The summed E-state index contributed by atoms with van der Waals surface area (Å²) in [5, 5.41) is 4.18. The minimum Gasteiger partial charge on any atom is -0.249 e. The molecule has 0 bridgehead atoms. The van der Waals surface area contributed by atoms with E-state index in [4.69, 9.17) is 0 Å². The van der Waals surface area contributed by atoms with Crippen molar-refractivity contribution in [2.75, 3.05) is 0 Å². The summed E-state index contributed by atoms with van der Waals surface area (Å²) in [6, 6.07) is 1.83. The molecule has 1 aromatic carbocycles. The zero-order chi connectivity index (χ0) is 12.7. The Morgan fingerprint density at radius 3 is 2.44 bits per heavy atom. The van der Waals surface area contributed by atoms with Crippen molar-refractivity contribution < 1.29 is 13.2 Å². The molecule has 0 N–H and O–H groups in total. The summed E-state index contributed by atoms with van der Waals surface area (Å²) in [4.78, 5) is 4.23. The fourth-order valence-electron chi connectivity index (χ4n) is 2.09. The van der Waals surface area contributed by atoms with Crippen molar-refractivity contribution in [3.63, 3.8) is 0 Å². The molecule has 2 aromatic rings. The van der Waals surface area contributed by atoms with Crippen molar-refractivity contribution >= 4 is 0 Å². The molecule has 1 aliphatic heterocycles. The second-order valence-corrected chi connectivity index (χ2v) is 4.29. The largest absolute Gasteiger partial charge is 0.249 e. The van der Waals surface area contributed by atoms with Gasteiger partial charge in [-0.1, -0.05) is 0 Å². The highest BCUT2D eigenvalue weighted by Gasteiger charge is 2.18. The number of fused-ring (bicyclic) bond motifs is 1. The molecule has 1 aromatic heterocycles. The molecule has 0 saturated heterocycles. The Labute approximate surface area is 101 Å². The molecule has 0 aliphatic carbocycles. The minimum absolute atomic E-state index is 0.160. The van der Waals surface area contributed by atoms with Gasteiger partial charge in [0.2, 0.25) is 0 Å². The normalized spacial score (nSPS) is 14.6. The first-order valence-corrected chi connectivity index (χ1v) is 5.74. The Balaban J connectivity index is 2.07. The molecule has 6 heteroatoms. The van der Waals surface area contributed by atoms with E-state index in [2.05, 4.69) is 10.1 Å². The Hall–Kier alpha value is -1.85. The third-order valence-corrected chi connectivity index (χ3v) is 3.01. The Bertz CT molecular complexity index is 560. The summed E-state index contributed by atoms with van der Waals surface area (Å²) in [6.45, 7) is 0.758. The van der Waals surface area contributed by atoms with Gasteiger partial charge in [0.25, 0.3) is 0 Å². The first-order valence-electron chi connectivity index (χ1n) is 5.74. The molecule has 0 fully saturated rings. The molecule has 0 atom stereocenters. The molecule has 0 unspecified atom stereocenters. The summed E-state index contributed by atoms with van der Waals surface area (Å²) in [7, 11) is 0. The van der Waals surface area contributed by atoms with Gasteiger partial charge in [-0.2, -0.15) is 5.10 Å². The topological polar surface area (TPSA) is 30.7 Å². The molecule has 3 nitrogen and oxygen atoms in total. The maximum atomic E-state index is 13.1. The number of nitrogens with zero attached hydrogens (tertiary/aromatic N) is 3. The van der Waals surface area contributed by atoms with Crippen molar-refractivity contribution in [2.24, 2.45) is 0 Å². The monoisotopic (exact) mass is 253 g/mol. The van der Waals surface area contributed by atoms with Gasteiger partial charge < -0.3 is 0 Å². The van der Waals surface area contributed by atoms with Crippen LogP contribution in [-0.4, -0.2) is 14.8 Å². The minimum atomic E-state index is -1.47. The summed E-state index contributed by atoms with van der Waals surface area (Å²) in [6.07, 6.45) is 2.85. The number of aryl methyl sites for hydroxylation is 2. The lowest BCUT2D eigenvalue weighted by atomic mass is 10.2. The van der Waals surface area contributed by atoms with Gasteiger partial charge in [0, 0.05) is 18.5 Å². The standard InChI is InChI=1S/C12H10F3N3/c13-8-5-7(6-9(14)11(8)15)12-16-10-3-1-2-4-18(10)17-12/h5-6H,1-4H2. The van der Waals surface area contributed by atoms with Gasteiger partial charge in [-0.15, -0.1) is 0 Å². The van der Waals surface area contributed by atoms with Crippen LogP contribution in [0.25, 0.3) is 11.4 Å². The predicted octanol–water partition coefficient (Wildman–Crippen LogP) is 2.70. The quantitative estimate of drug-likeness (QED) is 0.731. The number of halogens is 3. The fraction of sp³-hybridized carbons (Fsp3) is 0.333. The van der Waals surface area contributed by atoms with E-state index in [0.717, 1.165) is 43.8 Å². The SMILES string of the molecule is Fc1cc(-c2nc3n(n2)CCCC3)cc(F)c1F. The first kappa shape index (κ1) is 11.3. The maximum absolute atomic E-state index is 13.1. The molecule has 0 radical (unpaired) electrons. The molecular weight excluding hydrogens is 243 g/mol. The summed E-state index contributed by atoms with van der Waals surface area (Å²) < 4.78 is 40.9. The fourth-order valence-corrected chi connectivity index (χ4v) is 2.09.